The molecule has 20 heavy (non-hydrogen) atoms. The minimum atomic E-state index is -0.00920. The maximum Gasteiger partial charge on any atom is 0.141 e. The van der Waals surface area contributed by atoms with E-state index in [4.69, 9.17) is 16.0 Å². The van der Waals surface area contributed by atoms with Gasteiger partial charge in [-0.15, -0.1) is 0 Å². The van der Waals surface area contributed by atoms with Crippen molar-refractivity contribution >= 4 is 5.84 Å². The molecular weight excluding hydrogens is 254 g/mol. The Morgan fingerprint density at radius 3 is 2.55 bits per heavy atom. The molecule has 0 aliphatic heterocycles. The van der Waals surface area contributed by atoms with Crippen molar-refractivity contribution in [1.29, 1.82) is 0 Å². The van der Waals surface area contributed by atoms with E-state index >= 15 is 0 Å². The molecule has 112 valence electrons. The largest absolute Gasteiger partial charge is 0.409 e. The fourth-order valence-electron chi connectivity index (χ4n) is 2.03. The summed E-state index contributed by atoms with van der Waals surface area (Å²) in [7, 11) is 0. The Balaban J connectivity index is 2.74. The van der Waals surface area contributed by atoms with Gasteiger partial charge in [0.05, 0.1) is 0 Å². The zero-order chi connectivity index (χ0) is 15.0. The van der Waals surface area contributed by atoms with Gasteiger partial charge < -0.3 is 21.4 Å². The first-order valence-electron chi connectivity index (χ1n) is 6.84. The highest BCUT2D eigenvalue weighted by atomic mass is 16.4. The normalized spacial score (nSPS) is 14.2. The van der Waals surface area contributed by atoms with Crippen LogP contribution in [0.2, 0.25) is 0 Å². The molecule has 0 aliphatic rings. The lowest BCUT2D eigenvalue weighted by Gasteiger charge is -2.28. The van der Waals surface area contributed by atoms with Crippen LogP contribution in [0.4, 0.5) is 0 Å². The molecule has 0 amide bonds. The van der Waals surface area contributed by atoms with E-state index in [1.54, 1.807) is 0 Å². The molecule has 1 rings (SSSR count). The van der Waals surface area contributed by atoms with Crippen LogP contribution in [0.1, 0.15) is 38.3 Å². The molecule has 0 saturated heterocycles. The standard InChI is InChI=1S/C15H25N3O2/c1-15(2,8-9-19)11-17-13(10-14(16)18-20)12-6-4-3-5-7-12/h3-7,13,17,19-20H,8-11H2,1-2H3,(H2,16,18). The molecule has 0 bridgehead atoms. The van der Waals surface area contributed by atoms with Gasteiger partial charge in [0.15, 0.2) is 0 Å². The Labute approximate surface area is 120 Å². The maximum atomic E-state index is 9.07. The zero-order valence-corrected chi connectivity index (χ0v) is 12.2. The first-order valence-corrected chi connectivity index (χ1v) is 6.84. The lowest BCUT2D eigenvalue weighted by molar-refractivity contribution is 0.203. The quantitative estimate of drug-likeness (QED) is 0.253. The molecule has 1 atom stereocenters. The van der Waals surface area contributed by atoms with Crippen LogP contribution in [0.15, 0.2) is 35.5 Å². The Morgan fingerprint density at radius 1 is 1.35 bits per heavy atom. The number of nitrogens with two attached hydrogens (primary N) is 1. The second-order valence-corrected chi connectivity index (χ2v) is 5.78. The van der Waals surface area contributed by atoms with Crippen LogP contribution >= 0.6 is 0 Å². The average Bonchev–Trinajstić information content (AvgIpc) is 2.44. The summed E-state index contributed by atoms with van der Waals surface area (Å²) in [6.45, 7) is 5.11. The van der Waals surface area contributed by atoms with E-state index in [1.165, 1.54) is 0 Å². The second-order valence-electron chi connectivity index (χ2n) is 5.78. The summed E-state index contributed by atoms with van der Waals surface area (Å²) in [4.78, 5) is 0. The molecule has 0 fully saturated rings. The molecule has 1 aromatic rings. The number of aliphatic hydroxyl groups is 1. The summed E-state index contributed by atoms with van der Waals surface area (Å²) in [6, 6.07) is 9.91. The molecule has 0 aliphatic carbocycles. The van der Waals surface area contributed by atoms with Crippen LogP contribution in [-0.4, -0.2) is 29.3 Å². The number of aliphatic hydroxyl groups excluding tert-OH is 1. The van der Waals surface area contributed by atoms with E-state index in [0.29, 0.717) is 6.42 Å². The van der Waals surface area contributed by atoms with Crippen LogP contribution in [0, 0.1) is 5.41 Å². The van der Waals surface area contributed by atoms with Crippen molar-refractivity contribution in [3.05, 3.63) is 35.9 Å². The van der Waals surface area contributed by atoms with Crippen LogP contribution in [-0.2, 0) is 0 Å². The third-order valence-electron chi connectivity index (χ3n) is 3.36. The Hall–Kier alpha value is -1.59. The van der Waals surface area contributed by atoms with Crippen molar-refractivity contribution in [3.63, 3.8) is 0 Å². The van der Waals surface area contributed by atoms with Crippen molar-refractivity contribution in [2.45, 2.75) is 32.7 Å². The molecule has 5 heteroatoms. The highest BCUT2D eigenvalue weighted by Gasteiger charge is 2.20. The minimum Gasteiger partial charge on any atom is -0.409 e. The number of benzene rings is 1. The predicted molar refractivity (Wildman–Crippen MR) is 80.7 cm³/mol. The monoisotopic (exact) mass is 279 g/mol. The molecule has 1 unspecified atom stereocenters. The topological polar surface area (TPSA) is 90.9 Å². The SMILES string of the molecule is CC(C)(CCO)CNC(C/C(N)=N/O)c1ccccc1. The summed E-state index contributed by atoms with van der Waals surface area (Å²) < 4.78 is 0. The zero-order valence-electron chi connectivity index (χ0n) is 12.2. The molecule has 0 spiro atoms. The van der Waals surface area contributed by atoms with Gasteiger partial charge >= 0.3 is 0 Å². The van der Waals surface area contributed by atoms with Gasteiger partial charge in [0.2, 0.25) is 0 Å². The number of amidine groups is 1. The predicted octanol–water partition coefficient (Wildman–Crippen LogP) is 1.86. The van der Waals surface area contributed by atoms with E-state index in [2.05, 4.69) is 24.3 Å². The number of rotatable bonds is 8. The van der Waals surface area contributed by atoms with Crippen LogP contribution < -0.4 is 11.1 Å². The number of nitrogens with one attached hydrogen (secondary N) is 1. The average molecular weight is 279 g/mol. The first kappa shape index (κ1) is 16.5. The number of hydrogen-bond acceptors (Lipinski definition) is 4. The molecular formula is C15H25N3O2. The van der Waals surface area contributed by atoms with E-state index in [1.807, 2.05) is 30.3 Å². The number of oxime groups is 1. The molecule has 5 N–H and O–H groups in total. The van der Waals surface area contributed by atoms with E-state index in [0.717, 1.165) is 18.5 Å². The van der Waals surface area contributed by atoms with Gasteiger partial charge in [0, 0.05) is 25.6 Å². The summed E-state index contributed by atoms with van der Waals surface area (Å²) in [5.41, 5.74) is 6.72. The second kappa shape index (κ2) is 7.87. The molecule has 0 heterocycles. The van der Waals surface area contributed by atoms with Crippen molar-refractivity contribution in [2.75, 3.05) is 13.2 Å². The van der Waals surface area contributed by atoms with Gasteiger partial charge in [0.25, 0.3) is 0 Å². The van der Waals surface area contributed by atoms with Gasteiger partial charge in [-0.2, -0.15) is 0 Å². The lowest BCUT2D eigenvalue weighted by atomic mass is 9.89. The summed E-state index contributed by atoms with van der Waals surface area (Å²) in [5, 5.41) is 24.3. The fourth-order valence-corrected chi connectivity index (χ4v) is 2.03. The molecule has 1 aromatic carbocycles. The summed E-state index contributed by atoms with van der Waals surface area (Å²) in [5.74, 6) is 0.200. The van der Waals surface area contributed by atoms with Crippen LogP contribution in [0.5, 0.6) is 0 Å². The van der Waals surface area contributed by atoms with Gasteiger partial charge in [0.1, 0.15) is 5.84 Å². The van der Waals surface area contributed by atoms with Gasteiger partial charge in [-0.05, 0) is 17.4 Å². The first-order chi connectivity index (χ1) is 9.48. The van der Waals surface area contributed by atoms with E-state index in [9.17, 15) is 0 Å². The molecule has 0 radical (unpaired) electrons. The van der Waals surface area contributed by atoms with Crippen LogP contribution in [0.25, 0.3) is 0 Å². The Bertz CT molecular complexity index is 418. The highest BCUT2D eigenvalue weighted by Crippen LogP contribution is 2.22. The van der Waals surface area contributed by atoms with Gasteiger partial charge in [-0.25, -0.2) is 0 Å². The van der Waals surface area contributed by atoms with Crippen molar-refractivity contribution in [2.24, 2.45) is 16.3 Å². The number of hydrogen-bond donors (Lipinski definition) is 4. The van der Waals surface area contributed by atoms with Gasteiger partial charge in [-0.3, -0.25) is 0 Å². The highest BCUT2D eigenvalue weighted by molar-refractivity contribution is 5.80. The molecule has 0 saturated carbocycles. The fraction of sp³-hybridized carbons (Fsp3) is 0.533. The molecule has 0 aromatic heterocycles. The van der Waals surface area contributed by atoms with Crippen molar-refractivity contribution in [3.8, 4) is 0 Å². The molecule has 5 nitrogen and oxygen atoms in total. The Morgan fingerprint density at radius 2 is 2.00 bits per heavy atom. The van der Waals surface area contributed by atoms with Crippen molar-refractivity contribution < 1.29 is 10.3 Å². The number of nitrogens with zero attached hydrogens (tertiary/aromatic N) is 1. The lowest BCUT2D eigenvalue weighted by Crippen LogP contribution is -2.35. The third kappa shape index (κ3) is 5.59. The van der Waals surface area contributed by atoms with Crippen LogP contribution in [0.3, 0.4) is 0 Å². The smallest absolute Gasteiger partial charge is 0.141 e. The van der Waals surface area contributed by atoms with E-state index in [-0.39, 0.29) is 23.9 Å². The summed E-state index contributed by atoms with van der Waals surface area (Å²) >= 11 is 0. The summed E-state index contributed by atoms with van der Waals surface area (Å²) in [6.07, 6.45) is 1.17. The van der Waals surface area contributed by atoms with E-state index < -0.39 is 0 Å². The maximum absolute atomic E-state index is 9.07. The van der Waals surface area contributed by atoms with Gasteiger partial charge in [-0.1, -0.05) is 49.3 Å². The van der Waals surface area contributed by atoms with Crippen molar-refractivity contribution in [1.82, 2.24) is 5.32 Å². The minimum absolute atomic E-state index is 0.00704. The Kier molecular flexibility index (Phi) is 6.48. The third-order valence-corrected chi connectivity index (χ3v) is 3.36.